The number of aromatic nitrogens is 3. The molecule has 2 aromatic heterocycles. The first-order valence-electron chi connectivity index (χ1n) is 9.77. The molecule has 7 nitrogen and oxygen atoms in total. The predicted octanol–water partition coefficient (Wildman–Crippen LogP) is 5.20. The van der Waals surface area contributed by atoms with Crippen LogP contribution in [0.1, 0.15) is 26.0 Å². The molecule has 0 spiro atoms. The second kappa shape index (κ2) is 12.1. The summed E-state index contributed by atoms with van der Waals surface area (Å²) in [5, 5.41) is 15.6. The molecule has 0 saturated carbocycles. The fourth-order valence-electron chi connectivity index (χ4n) is 2.57. The number of hydrogen-bond donors (Lipinski definition) is 1. The summed E-state index contributed by atoms with van der Waals surface area (Å²) in [4.78, 5) is 4.76. The third kappa shape index (κ3) is 6.56. The number of thiazole rings is 1. The Hall–Kier alpha value is -1.88. The van der Waals surface area contributed by atoms with Crippen LogP contribution in [0.15, 0.2) is 27.9 Å². The van der Waals surface area contributed by atoms with E-state index < -0.39 is 0 Å². The molecule has 1 aromatic carbocycles. The fraction of sp³-hybridized carbons (Fsp3) is 0.450. The number of nitrogens with one attached hydrogen (secondary N) is 1. The minimum Gasteiger partial charge on any atom is -0.493 e. The van der Waals surface area contributed by atoms with Crippen molar-refractivity contribution in [2.45, 2.75) is 30.4 Å². The van der Waals surface area contributed by atoms with Gasteiger partial charge in [0.05, 0.1) is 19.4 Å². The van der Waals surface area contributed by atoms with E-state index in [4.69, 9.17) is 19.2 Å². The van der Waals surface area contributed by atoms with Gasteiger partial charge in [-0.15, -0.1) is 21.5 Å². The van der Waals surface area contributed by atoms with Gasteiger partial charge in [-0.3, -0.25) is 0 Å². The molecule has 2 heterocycles. The SMILES string of the molecule is CCOCCCNc1nnc(SCc2csc(-c3ccc(OCC)c(OC)c3)n2)s1. The summed E-state index contributed by atoms with van der Waals surface area (Å²) in [6.07, 6.45) is 0.952. The predicted molar refractivity (Wildman–Crippen MR) is 124 cm³/mol. The normalized spacial score (nSPS) is 10.9. The Morgan fingerprint density at radius 1 is 1.13 bits per heavy atom. The van der Waals surface area contributed by atoms with Crippen molar-refractivity contribution in [2.75, 3.05) is 38.8 Å². The van der Waals surface area contributed by atoms with E-state index in [9.17, 15) is 0 Å². The van der Waals surface area contributed by atoms with Crippen LogP contribution in [0.2, 0.25) is 0 Å². The van der Waals surface area contributed by atoms with E-state index in [0.717, 1.165) is 69.2 Å². The molecule has 0 aliphatic rings. The van der Waals surface area contributed by atoms with E-state index in [2.05, 4.69) is 20.9 Å². The van der Waals surface area contributed by atoms with E-state index in [1.165, 1.54) is 0 Å². The van der Waals surface area contributed by atoms with Gasteiger partial charge in [-0.1, -0.05) is 23.1 Å². The zero-order chi connectivity index (χ0) is 21.2. The molecule has 0 bridgehead atoms. The van der Waals surface area contributed by atoms with Crippen LogP contribution in [0, 0.1) is 0 Å². The Balaban J connectivity index is 1.53. The van der Waals surface area contributed by atoms with Gasteiger partial charge in [-0.25, -0.2) is 4.98 Å². The molecule has 0 atom stereocenters. The molecule has 30 heavy (non-hydrogen) atoms. The third-order valence-electron chi connectivity index (χ3n) is 3.96. The van der Waals surface area contributed by atoms with Gasteiger partial charge in [0.15, 0.2) is 15.8 Å². The van der Waals surface area contributed by atoms with Crippen LogP contribution in [0.5, 0.6) is 11.5 Å². The zero-order valence-electron chi connectivity index (χ0n) is 17.3. The van der Waals surface area contributed by atoms with Crippen LogP contribution in [-0.4, -0.2) is 48.7 Å². The number of nitrogens with zero attached hydrogens (tertiary/aromatic N) is 3. The second-order valence-electron chi connectivity index (χ2n) is 6.08. The maximum Gasteiger partial charge on any atom is 0.206 e. The standard InChI is InChI=1S/C20H26N4O3S3/c1-4-26-10-6-9-21-19-23-24-20(30-19)29-13-15-12-28-18(22-15)14-7-8-16(27-5-2)17(11-14)25-3/h7-8,11-12H,4-6,9-10,13H2,1-3H3,(H,21,23). The van der Waals surface area contributed by atoms with Crippen molar-refractivity contribution in [3.05, 3.63) is 29.3 Å². The van der Waals surface area contributed by atoms with Crippen molar-refractivity contribution in [3.8, 4) is 22.1 Å². The maximum absolute atomic E-state index is 5.59. The van der Waals surface area contributed by atoms with Gasteiger partial charge in [0, 0.05) is 36.5 Å². The number of hydrogen-bond acceptors (Lipinski definition) is 10. The van der Waals surface area contributed by atoms with Crippen molar-refractivity contribution in [1.82, 2.24) is 15.2 Å². The van der Waals surface area contributed by atoms with Crippen molar-refractivity contribution < 1.29 is 14.2 Å². The van der Waals surface area contributed by atoms with Gasteiger partial charge in [0.25, 0.3) is 0 Å². The molecule has 0 radical (unpaired) electrons. The number of benzene rings is 1. The first kappa shape index (κ1) is 22.8. The highest BCUT2D eigenvalue weighted by molar-refractivity contribution is 8.00. The topological polar surface area (TPSA) is 78.4 Å². The van der Waals surface area contributed by atoms with Gasteiger partial charge in [0.2, 0.25) is 5.13 Å². The Morgan fingerprint density at radius 2 is 2.03 bits per heavy atom. The van der Waals surface area contributed by atoms with Crippen molar-refractivity contribution in [3.63, 3.8) is 0 Å². The summed E-state index contributed by atoms with van der Waals surface area (Å²) >= 11 is 4.83. The smallest absolute Gasteiger partial charge is 0.206 e. The molecule has 0 unspecified atom stereocenters. The highest BCUT2D eigenvalue weighted by Crippen LogP contribution is 2.35. The van der Waals surface area contributed by atoms with Crippen LogP contribution in [0.4, 0.5) is 5.13 Å². The molecule has 1 N–H and O–H groups in total. The lowest BCUT2D eigenvalue weighted by Gasteiger charge is -2.09. The first-order valence-corrected chi connectivity index (χ1v) is 12.4. The van der Waals surface area contributed by atoms with Crippen molar-refractivity contribution in [1.29, 1.82) is 0 Å². The molecule has 3 rings (SSSR count). The van der Waals surface area contributed by atoms with Crippen LogP contribution < -0.4 is 14.8 Å². The lowest BCUT2D eigenvalue weighted by atomic mass is 10.2. The summed E-state index contributed by atoms with van der Waals surface area (Å²) in [7, 11) is 1.65. The Labute approximate surface area is 189 Å². The van der Waals surface area contributed by atoms with E-state index in [1.807, 2.05) is 32.0 Å². The lowest BCUT2D eigenvalue weighted by molar-refractivity contribution is 0.147. The summed E-state index contributed by atoms with van der Waals surface area (Å²) in [5.41, 5.74) is 2.04. The Bertz CT molecular complexity index is 916. The summed E-state index contributed by atoms with van der Waals surface area (Å²) < 4.78 is 17.3. The molecule has 0 fully saturated rings. The minimum atomic E-state index is 0.602. The molecule has 0 aliphatic heterocycles. The number of rotatable bonds is 13. The summed E-state index contributed by atoms with van der Waals surface area (Å²) in [6.45, 7) is 6.91. The summed E-state index contributed by atoms with van der Waals surface area (Å²) in [6, 6.07) is 5.91. The van der Waals surface area contributed by atoms with E-state index in [-0.39, 0.29) is 0 Å². The van der Waals surface area contributed by atoms with Crippen LogP contribution in [0.3, 0.4) is 0 Å². The zero-order valence-corrected chi connectivity index (χ0v) is 19.8. The summed E-state index contributed by atoms with van der Waals surface area (Å²) in [5.74, 6) is 2.22. The van der Waals surface area contributed by atoms with Crippen molar-refractivity contribution in [2.24, 2.45) is 0 Å². The Kier molecular flexibility index (Phi) is 9.19. The average Bonchev–Trinajstić information content (AvgIpc) is 3.42. The highest BCUT2D eigenvalue weighted by Gasteiger charge is 2.11. The van der Waals surface area contributed by atoms with Crippen molar-refractivity contribution >= 4 is 39.6 Å². The van der Waals surface area contributed by atoms with Crippen LogP contribution in [0.25, 0.3) is 10.6 Å². The Morgan fingerprint density at radius 3 is 2.83 bits per heavy atom. The molecule has 0 amide bonds. The average molecular weight is 467 g/mol. The molecular formula is C20H26N4O3S3. The molecule has 0 aliphatic carbocycles. The molecule has 162 valence electrons. The minimum absolute atomic E-state index is 0.602. The largest absolute Gasteiger partial charge is 0.493 e. The molecule has 0 saturated heterocycles. The highest BCUT2D eigenvalue weighted by atomic mass is 32.2. The molecule has 3 aromatic rings. The van der Waals surface area contributed by atoms with Gasteiger partial charge in [0.1, 0.15) is 5.01 Å². The van der Waals surface area contributed by atoms with E-state index in [1.54, 1.807) is 41.5 Å². The van der Waals surface area contributed by atoms with Crippen LogP contribution >= 0.6 is 34.4 Å². The number of thioether (sulfide) groups is 1. The molecular weight excluding hydrogens is 440 g/mol. The quantitative estimate of drug-likeness (QED) is 0.272. The van der Waals surface area contributed by atoms with E-state index >= 15 is 0 Å². The second-order valence-corrected chi connectivity index (χ2v) is 9.14. The van der Waals surface area contributed by atoms with Gasteiger partial charge >= 0.3 is 0 Å². The maximum atomic E-state index is 5.59. The van der Waals surface area contributed by atoms with Gasteiger partial charge in [-0.2, -0.15) is 0 Å². The number of anilines is 1. The van der Waals surface area contributed by atoms with Gasteiger partial charge < -0.3 is 19.5 Å². The van der Waals surface area contributed by atoms with Crippen LogP contribution in [-0.2, 0) is 10.5 Å². The molecule has 10 heteroatoms. The fourth-order valence-corrected chi connectivity index (χ4v) is 5.16. The lowest BCUT2D eigenvalue weighted by Crippen LogP contribution is -2.05. The number of methoxy groups -OCH3 is 1. The van der Waals surface area contributed by atoms with Gasteiger partial charge in [-0.05, 0) is 38.5 Å². The first-order chi connectivity index (χ1) is 14.7. The monoisotopic (exact) mass is 466 g/mol. The van der Waals surface area contributed by atoms with E-state index in [0.29, 0.717) is 6.61 Å². The third-order valence-corrected chi connectivity index (χ3v) is 6.95. The number of ether oxygens (including phenoxy) is 3.